The van der Waals surface area contributed by atoms with Crippen LogP contribution in [0.1, 0.15) is 0 Å². The normalized spacial score (nSPS) is 10.0. The van der Waals surface area contributed by atoms with Crippen LogP contribution in [0.3, 0.4) is 0 Å². The van der Waals surface area contributed by atoms with E-state index < -0.39 is 17.5 Å². The molecule has 0 heterocycles. The molecule has 0 aliphatic rings. The van der Waals surface area contributed by atoms with Crippen LogP contribution < -0.4 is 0 Å². The third-order valence-electron chi connectivity index (χ3n) is 0.885. The molecule has 4 heteroatoms. The summed E-state index contributed by atoms with van der Waals surface area (Å²) in [5.74, 6) is -2.90. The van der Waals surface area contributed by atoms with Gasteiger partial charge in [0.15, 0.2) is 0 Å². The monoisotopic (exact) mass is 257 g/mol. The van der Waals surface area contributed by atoms with Gasteiger partial charge in [-0.05, 0) is 22.6 Å². The Morgan fingerprint density at radius 2 is 1.90 bits per heavy atom. The fraction of sp³-hybridized carbons (Fsp3) is 0. The van der Waals surface area contributed by atoms with Crippen molar-refractivity contribution in [2.75, 3.05) is 0 Å². The molecule has 1 aromatic carbocycles. The largest absolute Gasteiger partial charge is 0.206 e. The molecule has 1 rings (SSSR count). The van der Waals surface area contributed by atoms with Gasteiger partial charge < -0.3 is 0 Å². The average Bonchev–Trinajstić information content (AvgIpc) is 1.82. The number of rotatable bonds is 0. The maximum atomic E-state index is 12.3. The van der Waals surface area contributed by atoms with Crippen molar-refractivity contribution in [2.45, 2.75) is 0 Å². The predicted molar refractivity (Wildman–Crippen MR) is 37.9 cm³/mol. The minimum absolute atomic E-state index is 0.237. The molecule has 1 aromatic rings. The molecule has 0 fully saturated rings. The van der Waals surface area contributed by atoms with E-state index >= 15 is 0 Å². The van der Waals surface area contributed by atoms with Gasteiger partial charge in [0.2, 0.25) is 0 Å². The topological polar surface area (TPSA) is 0 Å². The highest BCUT2D eigenvalue weighted by molar-refractivity contribution is 14.1. The Labute approximate surface area is 69.2 Å². The van der Waals surface area contributed by atoms with Crippen molar-refractivity contribution in [3.63, 3.8) is 0 Å². The van der Waals surface area contributed by atoms with Crippen LogP contribution in [0.2, 0.25) is 0 Å². The third kappa shape index (κ3) is 1.42. The first-order valence-electron chi connectivity index (χ1n) is 2.33. The summed E-state index contributed by atoms with van der Waals surface area (Å²) in [4.78, 5) is 0. The minimum Gasteiger partial charge on any atom is -0.206 e. The lowest BCUT2D eigenvalue weighted by Crippen LogP contribution is -1.90. The summed E-state index contributed by atoms with van der Waals surface area (Å²) < 4.78 is 36.5. The zero-order chi connectivity index (χ0) is 7.72. The van der Waals surface area contributed by atoms with Gasteiger partial charge in [-0.2, -0.15) is 0 Å². The van der Waals surface area contributed by atoms with E-state index in [1.54, 1.807) is 6.07 Å². The van der Waals surface area contributed by atoms with Crippen molar-refractivity contribution < 1.29 is 13.2 Å². The predicted octanol–water partition coefficient (Wildman–Crippen LogP) is 2.51. The zero-order valence-corrected chi connectivity index (χ0v) is 6.75. The summed E-state index contributed by atoms with van der Waals surface area (Å²) in [6, 6.07) is 2.29. The van der Waals surface area contributed by atoms with Crippen molar-refractivity contribution in [1.82, 2.24) is 0 Å². The second kappa shape index (κ2) is 2.77. The number of benzene rings is 1. The van der Waals surface area contributed by atoms with Crippen LogP contribution >= 0.6 is 22.6 Å². The van der Waals surface area contributed by atoms with E-state index in [0.717, 1.165) is 0 Å². The summed E-state index contributed by atoms with van der Waals surface area (Å²) in [7, 11) is 0. The van der Waals surface area contributed by atoms with E-state index in [-0.39, 0.29) is 3.57 Å². The molecule has 0 aliphatic carbocycles. The Kier molecular flexibility index (Phi) is 2.18. The average molecular weight is 257 g/mol. The van der Waals surface area contributed by atoms with E-state index in [4.69, 9.17) is 0 Å². The van der Waals surface area contributed by atoms with Crippen molar-refractivity contribution in [3.05, 3.63) is 33.2 Å². The second-order valence-corrected chi connectivity index (χ2v) is 2.67. The Bertz CT molecular complexity index is 236. The maximum absolute atomic E-state index is 12.3. The molecular weight excluding hydrogens is 256 g/mol. The molecule has 0 N–H and O–H groups in total. The van der Waals surface area contributed by atoms with Crippen LogP contribution in [0.25, 0.3) is 0 Å². The van der Waals surface area contributed by atoms with Crippen molar-refractivity contribution in [3.8, 4) is 0 Å². The van der Waals surface area contributed by atoms with Gasteiger partial charge in [-0.3, -0.25) is 0 Å². The van der Waals surface area contributed by atoms with Crippen molar-refractivity contribution in [2.24, 2.45) is 0 Å². The SMILES string of the molecule is Fc1[c]c(F)c(I)c(F)c1. The minimum atomic E-state index is -1.02. The van der Waals surface area contributed by atoms with E-state index in [1.165, 1.54) is 22.6 Å². The smallest absolute Gasteiger partial charge is 0.150 e. The molecule has 0 spiro atoms. The summed E-state index contributed by atoms with van der Waals surface area (Å²) in [6.07, 6.45) is 0. The standard InChI is InChI=1S/C6HF3I/c7-3-1-4(8)6(10)5(9)2-3/h1H. The molecule has 0 amide bonds. The summed E-state index contributed by atoms with van der Waals surface area (Å²) in [5, 5.41) is 0. The quantitative estimate of drug-likeness (QED) is 0.380. The zero-order valence-electron chi connectivity index (χ0n) is 4.59. The Morgan fingerprint density at radius 3 is 2.40 bits per heavy atom. The highest BCUT2D eigenvalue weighted by atomic mass is 127. The van der Waals surface area contributed by atoms with Gasteiger partial charge in [0.1, 0.15) is 17.5 Å². The van der Waals surface area contributed by atoms with Gasteiger partial charge in [-0.25, -0.2) is 13.2 Å². The van der Waals surface area contributed by atoms with Crippen LogP contribution in [0.5, 0.6) is 0 Å². The number of hydrogen-bond donors (Lipinski definition) is 0. The lowest BCUT2D eigenvalue weighted by molar-refractivity contribution is 0.531. The number of halogens is 4. The third-order valence-corrected chi connectivity index (χ3v) is 1.87. The van der Waals surface area contributed by atoms with Crippen LogP contribution in [0.15, 0.2) is 6.07 Å². The second-order valence-electron chi connectivity index (χ2n) is 1.59. The summed E-state index contributed by atoms with van der Waals surface area (Å²) in [5.41, 5.74) is 0. The van der Waals surface area contributed by atoms with Gasteiger partial charge in [0, 0.05) is 6.07 Å². The molecule has 53 valence electrons. The maximum Gasteiger partial charge on any atom is 0.150 e. The van der Waals surface area contributed by atoms with Crippen LogP contribution in [0, 0.1) is 27.1 Å². The van der Waals surface area contributed by atoms with Gasteiger partial charge in [0.25, 0.3) is 0 Å². The summed E-state index contributed by atoms with van der Waals surface area (Å²) >= 11 is 1.44. The lowest BCUT2D eigenvalue weighted by Gasteiger charge is -1.94. The van der Waals surface area contributed by atoms with Gasteiger partial charge in [-0.1, -0.05) is 0 Å². The molecule has 0 saturated heterocycles. The number of hydrogen-bond acceptors (Lipinski definition) is 0. The lowest BCUT2D eigenvalue weighted by atomic mass is 10.3. The molecule has 10 heavy (non-hydrogen) atoms. The van der Waals surface area contributed by atoms with Gasteiger partial charge >= 0.3 is 0 Å². The first-order valence-corrected chi connectivity index (χ1v) is 3.41. The highest BCUT2D eigenvalue weighted by Crippen LogP contribution is 2.15. The summed E-state index contributed by atoms with van der Waals surface area (Å²) in [6.45, 7) is 0. The first kappa shape index (κ1) is 7.84. The molecule has 0 unspecified atom stereocenters. The van der Waals surface area contributed by atoms with Gasteiger partial charge in [0.05, 0.1) is 9.64 Å². The van der Waals surface area contributed by atoms with E-state index in [2.05, 4.69) is 0 Å². The highest BCUT2D eigenvalue weighted by Gasteiger charge is 2.07. The van der Waals surface area contributed by atoms with E-state index in [0.29, 0.717) is 6.07 Å². The Morgan fingerprint density at radius 1 is 1.30 bits per heavy atom. The van der Waals surface area contributed by atoms with Crippen molar-refractivity contribution in [1.29, 1.82) is 0 Å². The fourth-order valence-electron chi connectivity index (χ4n) is 0.475. The van der Waals surface area contributed by atoms with Crippen LogP contribution in [-0.4, -0.2) is 0 Å². The molecule has 0 aromatic heterocycles. The first-order chi connectivity index (χ1) is 4.61. The Hall–Kier alpha value is -0.260. The molecule has 0 bridgehead atoms. The molecular formula is C6HF3I. The molecule has 0 atom stereocenters. The van der Waals surface area contributed by atoms with Crippen LogP contribution in [0.4, 0.5) is 13.2 Å². The van der Waals surface area contributed by atoms with E-state index in [9.17, 15) is 13.2 Å². The molecule has 0 nitrogen and oxygen atoms in total. The van der Waals surface area contributed by atoms with E-state index in [1.807, 2.05) is 0 Å². The fourth-order valence-corrected chi connectivity index (χ4v) is 0.766. The van der Waals surface area contributed by atoms with Gasteiger partial charge in [-0.15, -0.1) is 0 Å². The molecule has 1 radical (unpaired) electrons. The Balaban J connectivity index is 3.31. The molecule has 0 aliphatic heterocycles. The molecule has 0 saturated carbocycles. The van der Waals surface area contributed by atoms with Crippen molar-refractivity contribution >= 4 is 22.6 Å². The van der Waals surface area contributed by atoms with Crippen LogP contribution in [-0.2, 0) is 0 Å².